The van der Waals surface area contributed by atoms with Gasteiger partial charge in [-0.15, -0.1) is 0 Å². The first kappa shape index (κ1) is 17.3. The van der Waals surface area contributed by atoms with E-state index in [-0.39, 0.29) is 5.82 Å². The van der Waals surface area contributed by atoms with Gasteiger partial charge >= 0.3 is 0 Å². The standard InChI is InChI=1S/C19H24FNO2/c1-2-22-18-9-5-15(6-10-18)16(14-21)4-3-13-23-19-11-7-17(20)8-12-19/h5-12,16H,2-4,13-14,21H2,1H3. The van der Waals surface area contributed by atoms with Crippen molar-refractivity contribution in [3.05, 3.63) is 59.9 Å². The van der Waals surface area contributed by atoms with Crippen molar-refractivity contribution in [2.45, 2.75) is 25.7 Å². The average molecular weight is 317 g/mol. The summed E-state index contributed by atoms with van der Waals surface area (Å²) in [6.45, 7) is 3.84. The Bertz CT molecular complexity index is 569. The van der Waals surface area contributed by atoms with E-state index < -0.39 is 0 Å². The molecule has 2 N–H and O–H groups in total. The molecule has 0 amide bonds. The first-order valence-electron chi connectivity index (χ1n) is 8.04. The van der Waals surface area contributed by atoms with Crippen LogP contribution >= 0.6 is 0 Å². The van der Waals surface area contributed by atoms with Crippen LogP contribution in [0.3, 0.4) is 0 Å². The van der Waals surface area contributed by atoms with Crippen LogP contribution < -0.4 is 15.2 Å². The SMILES string of the molecule is CCOc1ccc(C(CN)CCCOc2ccc(F)cc2)cc1. The van der Waals surface area contributed by atoms with E-state index in [4.69, 9.17) is 15.2 Å². The fraction of sp³-hybridized carbons (Fsp3) is 0.368. The summed E-state index contributed by atoms with van der Waals surface area (Å²) in [5, 5.41) is 0. The lowest BCUT2D eigenvalue weighted by Gasteiger charge is -2.16. The molecule has 124 valence electrons. The average Bonchev–Trinajstić information content (AvgIpc) is 2.58. The Labute approximate surface area is 137 Å². The molecule has 0 aliphatic heterocycles. The van der Waals surface area contributed by atoms with E-state index in [2.05, 4.69) is 12.1 Å². The summed E-state index contributed by atoms with van der Waals surface area (Å²) >= 11 is 0. The van der Waals surface area contributed by atoms with Crippen LogP contribution in [0.4, 0.5) is 4.39 Å². The minimum atomic E-state index is -0.254. The predicted molar refractivity (Wildman–Crippen MR) is 90.5 cm³/mol. The third kappa shape index (κ3) is 5.57. The molecule has 1 unspecified atom stereocenters. The van der Waals surface area contributed by atoms with Crippen molar-refractivity contribution in [3.8, 4) is 11.5 Å². The molecule has 0 radical (unpaired) electrons. The Hall–Kier alpha value is -2.07. The van der Waals surface area contributed by atoms with Crippen LogP contribution in [-0.2, 0) is 0 Å². The molecule has 0 spiro atoms. The van der Waals surface area contributed by atoms with E-state index in [1.54, 1.807) is 12.1 Å². The molecular formula is C19H24FNO2. The normalized spacial score (nSPS) is 12.0. The Morgan fingerprint density at radius 1 is 0.957 bits per heavy atom. The quantitative estimate of drug-likeness (QED) is 0.707. The molecule has 0 aliphatic rings. The number of nitrogens with two attached hydrogens (primary N) is 1. The van der Waals surface area contributed by atoms with E-state index in [9.17, 15) is 4.39 Å². The van der Waals surface area contributed by atoms with Gasteiger partial charge in [-0.2, -0.15) is 0 Å². The molecule has 4 heteroatoms. The molecule has 2 aromatic rings. The van der Waals surface area contributed by atoms with Gasteiger partial charge in [0, 0.05) is 0 Å². The van der Waals surface area contributed by atoms with Crippen molar-refractivity contribution in [2.24, 2.45) is 5.73 Å². The highest BCUT2D eigenvalue weighted by molar-refractivity contribution is 5.29. The molecule has 1 atom stereocenters. The van der Waals surface area contributed by atoms with E-state index in [1.807, 2.05) is 19.1 Å². The maximum absolute atomic E-state index is 12.8. The third-order valence-corrected chi connectivity index (χ3v) is 3.73. The summed E-state index contributed by atoms with van der Waals surface area (Å²) in [6.07, 6.45) is 1.85. The second-order valence-electron chi connectivity index (χ2n) is 5.38. The fourth-order valence-electron chi connectivity index (χ4n) is 2.47. The number of benzene rings is 2. The molecular weight excluding hydrogens is 293 g/mol. The summed E-state index contributed by atoms with van der Waals surface area (Å²) < 4.78 is 23.9. The van der Waals surface area contributed by atoms with Crippen LogP contribution in [0.25, 0.3) is 0 Å². The molecule has 0 bridgehead atoms. The van der Waals surface area contributed by atoms with Gasteiger partial charge in [-0.3, -0.25) is 0 Å². The zero-order valence-corrected chi connectivity index (χ0v) is 13.5. The molecule has 0 aliphatic carbocycles. The summed E-state index contributed by atoms with van der Waals surface area (Å²) in [4.78, 5) is 0. The van der Waals surface area contributed by atoms with Gasteiger partial charge < -0.3 is 15.2 Å². The van der Waals surface area contributed by atoms with Crippen molar-refractivity contribution in [2.75, 3.05) is 19.8 Å². The number of hydrogen-bond acceptors (Lipinski definition) is 3. The van der Waals surface area contributed by atoms with Crippen LogP contribution in [0.1, 0.15) is 31.2 Å². The maximum Gasteiger partial charge on any atom is 0.123 e. The highest BCUT2D eigenvalue weighted by Crippen LogP contribution is 2.23. The molecule has 0 heterocycles. The van der Waals surface area contributed by atoms with Crippen molar-refractivity contribution >= 4 is 0 Å². The van der Waals surface area contributed by atoms with E-state index >= 15 is 0 Å². The monoisotopic (exact) mass is 317 g/mol. The van der Waals surface area contributed by atoms with Gasteiger partial charge in [0.05, 0.1) is 13.2 Å². The molecule has 23 heavy (non-hydrogen) atoms. The van der Waals surface area contributed by atoms with Gasteiger partial charge in [0.15, 0.2) is 0 Å². The molecule has 2 aromatic carbocycles. The zero-order chi connectivity index (χ0) is 16.5. The van der Waals surface area contributed by atoms with Gasteiger partial charge in [0.1, 0.15) is 17.3 Å². The Kier molecular flexibility index (Phi) is 6.88. The number of hydrogen-bond donors (Lipinski definition) is 1. The zero-order valence-electron chi connectivity index (χ0n) is 13.5. The second kappa shape index (κ2) is 9.16. The van der Waals surface area contributed by atoms with Crippen molar-refractivity contribution in [1.82, 2.24) is 0 Å². The Morgan fingerprint density at radius 3 is 2.17 bits per heavy atom. The predicted octanol–water partition coefficient (Wildman–Crippen LogP) is 4.13. The van der Waals surface area contributed by atoms with Gasteiger partial charge in [-0.25, -0.2) is 4.39 Å². The van der Waals surface area contributed by atoms with Crippen LogP contribution in [-0.4, -0.2) is 19.8 Å². The minimum Gasteiger partial charge on any atom is -0.494 e. The molecule has 0 fully saturated rings. The lowest BCUT2D eigenvalue weighted by Crippen LogP contribution is -2.13. The van der Waals surface area contributed by atoms with E-state index in [0.29, 0.717) is 31.4 Å². The number of ether oxygens (including phenoxy) is 2. The maximum atomic E-state index is 12.8. The topological polar surface area (TPSA) is 44.5 Å². The summed E-state index contributed by atoms with van der Waals surface area (Å²) in [6, 6.07) is 14.2. The van der Waals surface area contributed by atoms with Gasteiger partial charge in [0.2, 0.25) is 0 Å². The minimum absolute atomic E-state index is 0.254. The lowest BCUT2D eigenvalue weighted by atomic mass is 9.94. The molecule has 0 saturated carbocycles. The summed E-state index contributed by atoms with van der Waals surface area (Å²) in [5.41, 5.74) is 7.12. The van der Waals surface area contributed by atoms with Crippen LogP contribution in [0.5, 0.6) is 11.5 Å². The largest absolute Gasteiger partial charge is 0.494 e. The summed E-state index contributed by atoms with van der Waals surface area (Å²) in [7, 11) is 0. The molecule has 3 nitrogen and oxygen atoms in total. The third-order valence-electron chi connectivity index (χ3n) is 3.73. The van der Waals surface area contributed by atoms with Crippen LogP contribution in [0.2, 0.25) is 0 Å². The van der Waals surface area contributed by atoms with Crippen molar-refractivity contribution < 1.29 is 13.9 Å². The number of halogens is 1. The second-order valence-corrected chi connectivity index (χ2v) is 5.38. The van der Waals surface area contributed by atoms with Gasteiger partial charge in [0.25, 0.3) is 0 Å². The van der Waals surface area contributed by atoms with Crippen molar-refractivity contribution in [1.29, 1.82) is 0 Å². The first-order chi connectivity index (χ1) is 11.2. The molecule has 2 rings (SSSR count). The Balaban J connectivity index is 1.79. The highest BCUT2D eigenvalue weighted by Gasteiger charge is 2.10. The smallest absolute Gasteiger partial charge is 0.123 e. The molecule has 0 aromatic heterocycles. The Morgan fingerprint density at radius 2 is 1.57 bits per heavy atom. The number of rotatable bonds is 9. The van der Waals surface area contributed by atoms with Gasteiger partial charge in [-0.05, 0) is 74.2 Å². The summed E-state index contributed by atoms with van der Waals surface area (Å²) in [5.74, 6) is 1.63. The van der Waals surface area contributed by atoms with Crippen LogP contribution in [0.15, 0.2) is 48.5 Å². The lowest BCUT2D eigenvalue weighted by molar-refractivity contribution is 0.301. The van der Waals surface area contributed by atoms with Gasteiger partial charge in [-0.1, -0.05) is 12.1 Å². The van der Waals surface area contributed by atoms with Crippen molar-refractivity contribution in [3.63, 3.8) is 0 Å². The highest BCUT2D eigenvalue weighted by atomic mass is 19.1. The van der Waals surface area contributed by atoms with E-state index in [0.717, 1.165) is 18.6 Å². The van der Waals surface area contributed by atoms with Crippen LogP contribution in [0, 0.1) is 5.82 Å². The first-order valence-corrected chi connectivity index (χ1v) is 8.04. The fourth-order valence-corrected chi connectivity index (χ4v) is 2.47. The molecule has 0 saturated heterocycles. The van der Waals surface area contributed by atoms with E-state index in [1.165, 1.54) is 17.7 Å².